The van der Waals surface area contributed by atoms with Gasteiger partial charge >= 0.3 is 0 Å². The molecule has 0 saturated heterocycles. The van der Waals surface area contributed by atoms with Crippen LogP contribution >= 0.6 is 23.8 Å². The maximum atomic E-state index is 11.9. The summed E-state index contributed by atoms with van der Waals surface area (Å²) in [6.07, 6.45) is 0. The Bertz CT molecular complexity index is 465. The summed E-state index contributed by atoms with van der Waals surface area (Å²) in [4.78, 5) is 12.3. The Morgan fingerprint density at radius 3 is 2.83 bits per heavy atom. The number of benzene rings is 1. The monoisotopic (exact) mass is 286 g/mol. The van der Waals surface area contributed by atoms with Crippen LogP contribution in [0.4, 0.5) is 0 Å². The lowest BCUT2D eigenvalue weighted by Crippen LogP contribution is -2.33. The standard InChI is InChI=1S/C12H15ClN2O2S/c1-7(11(14)18)6-15-12(16)9-4-3-8(13)5-10(9)17-2/h3-5,7H,6H2,1-2H3,(H2,14,18)(H,15,16). The predicted molar refractivity (Wildman–Crippen MR) is 76.3 cm³/mol. The molecule has 1 aromatic carbocycles. The number of ether oxygens (including phenoxy) is 1. The van der Waals surface area contributed by atoms with Gasteiger partial charge in [0.2, 0.25) is 0 Å². The molecule has 0 aliphatic rings. The summed E-state index contributed by atoms with van der Waals surface area (Å²) in [5.74, 6) is 0.136. The fourth-order valence-electron chi connectivity index (χ4n) is 1.29. The van der Waals surface area contributed by atoms with Crippen molar-refractivity contribution in [3.05, 3.63) is 28.8 Å². The summed E-state index contributed by atoms with van der Waals surface area (Å²) >= 11 is 10.7. The Kier molecular flexibility index (Phi) is 5.37. The van der Waals surface area contributed by atoms with E-state index in [1.165, 1.54) is 7.11 Å². The number of hydrogen-bond acceptors (Lipinski definition) is 3. The molecule has 18 heavy (non-hydrogen) atoms. The molecular formula is C12H15ClN2O2S. The molecule has 1 rings (SSSR count). The summed E-state index contributed by atoms with van der Waals surface area (Å²) in [6.45, 7) is 2.24. The highest BCUT2D eigenvalue weighted by Gasteiger charge is 2.14. The van der Waals surface area contributed by atoms with Crippen molar-refractivity contribution in [2.75, 3.05) is 13.7 Å². The van der Waals surface area contributed by atoms with E-state index in [9.17, 15) is 4.79 Å². The van der Waals surface area contributed by atoms with E-state index in [0.717, 1.165) is 0 Å². The van der Waals surface area contributed by atoms with Crippen molar-refractivity contribution in [3.63, 3.8) is 0 Å². The van der Waals surface area contributed by atoms with Crippen LogP contribution in [-0.2, 0) is 0 Å². The first-order valence-electron chi connectivity index (χ1n) is 5.36. The summed E-state index contributed by atoms with van der Waals surface area (Å²) in [5.41, 5.74) is 5.90. The summed E-state index contributed by atoms with van der Waals surface area (Å²) < 4.78 is 5.11. The van der Waals surface area contributed by atoms with Crippen LogP contribution in [0.5, 0.6) is 5.75 Å². The van der Waals surface area contributed by atoms with Gasteiger partial charge in [-0.2, -0.15) is 0 Å². The molecule has 1 unspecified atom stereocenters. The van der Waals surface area contributed by atoms with E-state index in [-0.39, 0.29) is 11.8 Å². The van der Waals surface area contributed by atoms with E-state index in [0.29, 0.717) is 27.9 Å². The zero-order valence-electron chi connectivity index (χ0n) is 10.2. The van der Waals surface area contributed by atoms with Crippen molar-refractivity contribution in [2.45, 2.75) is 6.92 Å². The summed E-state index contributed by atoms with van der Waals surface area (Å²) in [7, 11) is 1.49. The molecule has 1 aromatic rings. The number of rotatable bonds is 5. The van der Waals surface area contributed by atoms with E-state index in [2.05, 4.69) is 5.32 Å². The summed E-state index contributed by atoms with van der Waals surface area (Å²) in [6, 6.07) is 4.84. The average Bonchev–Trinajstić information content (AvgIpc) is 2.34. The van der Waals surface area contributed by atoms with Crippen LogP contribution in [0.2, 0.25) is 5.02 Å². The third kappa shape index (κ3) is 3.85. The Balaban J connectivity index is 2.75. The normalized spacial score (nSPS) is 11.7. The zero-order valence-corrected chi connectivity index (χ0v) is 11.8. The first-order chi connectivity index (χ1) is 8.45. The van der Waals surface area contributed by atoms with Gasteiger partial charge in [0.05, 0.1) is 17.7 Å². The first-order valence-corrected chi connectivity index (χ1v) is 6.15. The Morgan fingerprint density at radius 2 is 2.28 bits per heavy atom. The van der Waals surface area contributed by atoms with Crippen LogP contribution in [0, 0.1) is 5.92 Å². The molecule has 0 bridgehead atoms. The van der Waals surface area contributed by atoms with E-state index >= 15 is 0 Å². The van der Waals surface area contributed by atoms with E-state index in [1.54, 1.807) is 18.2 Å². The number of methoxy groups -OCH3 is 1. The fraction of sp³-hybridized carbons (Fsp3) is 0.333. The Morgan fingerprint density at radius 1 is 1.61 bits per heavy atom. The van der Waals surface area contributed by atoms with Crippen LogP contribution in [0.3, 0.4) is 0 Å². The molecule has 0 saturated carbocycles. The molecule has 4 nitrogen and oxygen atoms in total. The highest BCUT2D eigenvalue weighted by Crippen LogP contribution is 2.22. The second kappa shape index (κ2) is 6.56. The Labute approximate surface area is 116 Å². The molecule has 1 amide bonds. The zero-order chi connectivity index (χ0) is 13.7. The van der Waals surface area contributed by atoms with Crippen LogP contribution in [-0.4, -0.2) is 24.6 Å². The smallest absolute Gasteiger partial charge is 0.255 e. The van der Waals surface area contributed by atoms with Gasteiger partial charge in [-0.3, -0.25) is 4.79 Å². The Hall–Kier alpha value is -1.33. The summed E-state index contributed by atoms with van der Waals surface area (Å²) in [5, 5.41) is 3.26. The molecule has 0 aliphatic carbocycles. The van der Waals surface area contributed by atoms with Gasteiger partial charge in [-0.05, 0) is 18.2 Å². The lowest BCUT2D eigenvalue weighted by molar-refractivity contribution is 0.0948. The van der Waals surface area contributed by atoms with Crippen LogP contribution in [0.15, 0.2) is 18.2 Å². The number of thiocarbonyl (C=S) groups is 1. The minimum absolute atomic E-state index is 0.0535. The topological polar surface area (TPSA) is 64.3 Å². The third-order valence-corrected chi connectivity index (χ3v) is 3.10. The number of hydrogen-bond donors (Lipinski definition) is 2. The highest BCUT2D eigenvalue weighted by molar-refractivity contribution is 7.80. The minimum atomic E-state index is -0.244. The molecule has 0 aromatic heterocycles. The average molecular weight is 287 g/mol. The van der Waals surface area contributed by atoms with Crippen LogP contribution < -0.4 is 15.8 Å². The SMILES string of the molecule is COc1cc(Cl)ccc1C(=O)NCC(C)C(N)=S. The van der Waals surface area contributed by atoms with Gasteiger partial charge in [0, 0.05) is 17.5 Å². The van der Waals surface area contributed by atoms with Crippen molar-refractivity contribution in [1.82, 2.24) is 5.32 Å². The highest BCUT2D eigenvalue weighted by atomic mass is 35.5. The molecule has 0 heterocycles. The second-order valence-electron chi connectivity index (χ2n) is 3.86. The number of carbonyl (C=O) groups excluding carboxylic acids is 1. The number of nitrogens with one attached hydrogen (secondary N) is 1. The quantitative estimate of drug-likeness (QED) is 0.813. The lowest BCUT2D eigenvalue weighted by atomic mass is 10.1. The van der Waals surface area contributed by atoms with Gasteiger partial charge in [-0.15, -0.1) is 0 Å². The van der Waals surface area contributed by atoms with Gasteiger partial charge in [-0.1, -0.05) is 30.7 Å². The van der Waals surface area contributed by atoms with E-state index < -0.39 is 0 Å². The minimum Gasteiger partial charge on any atom is -0.496 e. The van der Waals surface area contributed by atoms with Gasteiger partial charge in [0.15, 0.2) is 0 Å². The largest absolute Gasteiger partial charge is 0.496 e. The molecule has 3 N–H and O–H groups in total. The van der Waals surface area contributed by atoms with Crippen molar-refractivity contribution < 1.29 is 9.53 Å². The first kappa shape index (κ1) is 14.7. The molecule has 6 heteroatoms. The second-order valence-corrected chi connectivity index (χ2v) is 4.77. The molecule has 0 radical (unpaired) electrons. The number of nitrogens with two attached hydrogens (primary N) is 1. The van der Waals surface area contributed by atoms with Crippen LogP contribution in [0.25, 0.3) is 0 Å². The van der Waals surface area contributed by atoms with Crippen molar-refractivity contribution in [2.24, 2.45) is 11.7 Å². The van der Waals surface area contributed by atoms with Gasteiger partial charge in [0.1, 0.15) is 5.75 Å². The van der Waals surface area contributed by atoms with Gasteiger partial charge < -0.3 is 15.8 Å². The van der Waals surface area contributed by atoms with Crippen molar-refractivity contribution in [3.8, 4) is 5.75 Å². The maximum Gasteiger partial charge on any atom is 0.255 e. The van der Waals surface area contributed by atoms with Gasteiger partial charge in [-0.25, -0.2) is 0 Å². The maximum absolute atomic E-state index is 11.9. The number of halogens is 1. The molecule has 0 spiro atoms. The molecule has 0 fully saturated rings. The third-order valence-electron chi connectivity index (χ3n) is 2.46. The lowest BCUT2D eigenvalue weighted by Gasteiger charge is -2.12. The molecule has 1 atom stereocenters. The van der Waals surface area contributed by atoms with Crippen LogP contribution in [0.1, 0.15) is 17.3 Å². The molecule has 98 valence electrons. The van der Waals surface area contributed by atoms with E-state index in [4.69, 9.17) is 34.3 Å². The molecular weight excluding hydrogens is 272 g/mol. The van der Waals surface area contributed by atoms with Crippen molar-refractivity contribution >= 4 is 34.7 Å². The van der Waals surface area contributed by atoms with Crippen molar-refractivity contribution in [1.29, 1.82) is 0 Å². The number of carbonyl (C=O) groups is 1. The predicted octanol–water partition coefficient (Wildman–Crippen LogP) is 2.00. The van der Waals surface area contributed by atoms with Gasteiger partial charge in [0.25, 0.3) is 5.91 Å². The fourth-order valence-corrected chi connectivity index (χ4v) is 1.54. The molecule has 0 aliphatic heterocycles. The van der Waals surface area contributed by atoms with E-state index in [1.807, 2.05) is 6.92 Å². The number of amides is 1.